The molecule has 1 saturated carbocycles. The van der Waals surface area contributed by atoms with Gasteiger partial charge in [0.1, 0.15) is 5.69 Å². The van der Waals surface area contributed by atoms with Crippen LogP contribution >= 0.6 is 22.7 Å². The van der Waals surface area contributed by atoms with E-state index in [1.54, 1.807) is 0 Å². The summed E-state index contributed by atoms with van der Waals surface area (Å²) in [5, 5.41) is 16.6. The molecule has 1 aliphatic carbocycles. The van der Waals surface area contributed by atoms with Crippen molar-refractivity contribution < 1.29 is 0 Å². The maximum Gasteiger partial charge on any atom is 0.235 e. The molecule has 1 fully saturated rings. The predicted octanol–water partition coefficient (Wildman–Crippen LogP) is 2.94. The molecule has 3 aromatic rings. The van der Waals surface area contributed by atoms with E-state index < -0.39 is 0 Å². The fraction of sp³-hybridized carbons (Fsp3) is 0.500. The number of anilines is 1. The van der Waals surface area contributed by atoms with Gasteiger partial charge in [-0.1, -0.05) is 30.6 Å². The highest BCUT2D eigenvalue weighted by atomic mass is 32.1. The number of nitrogens with two attached hydrogens (primary N) is 1. The van der Waals surface area contributed by atoms with Gasteiger partial charge in [0, 0.05) is 11.3 Å². The van der Waals surface area contributed by atoms with E-state index in [9.17, 15) is 0 Å². The summed E-state index contributed by atoms with van der Waals surface area (Å²) in [5.74, 6) is 1.50. The molecule has 0 unspecified atom stereocenters. The van der Waals surface area contributed by atoms with Crippen molar-refractivity contribution in [2.75, 3.05) is 5.73 Å². The summed E-state index contributed by atoms with van der Waals surface area (Å²) in [4.78, 5) is 5.12. The highest BCUT2D eigenvalue weighted by Gasteiger charge is 2.23. The van der Waals surface area contributed by atoms with Gasteiger partial charge in [-0.15, -0.1) is 21.5 Å². The first-order valence-electron chi connectivity index (χ1n) is 6.75. The van der Waals surface area contributed by atoms with Gasteiger partial charge in [0.15, 0.2) is 16.0 Å². The lowest BCUT2D eigenvalue weighted by molar-refractivity contribution is 0.423. The summed E-state index contributed by atoms with van der Waals surface area (Å²) >= 11 is 2.95. The first kappa shape index (κ1) is 12.2. The molecule has 20 heavy (non-hydrogen) atoms. The average Bonchev–Trinajstić information content (AvgIpc) is 3.13. The van der Waals surface area contributed by atoms with E-state index in [1.807, 2.05) is 9.90 Å². The number of nitrogens with zero attached hydrogens (tertiary/aromatic N) is 5. The predicted molar refractivity (Wildman–Crippen MR) is 80.0 cm³/mol. The van der Waals surface area contributed by atoms with Gasteiger partial charge in [0.2, 0.25) is 4.96 Å². The molecule has 1 aliphatic rings. The topological polar surface area (TPSA) is 82.0 Å². The van der Waals surface area contributed by atoms with Crippen molar-refractivity contribution in [3.63, 3.8) is 0 Å². The number of aromatic nitrogens is 5. The highest BCUT2D eigenvalue weighted by molar-refractivity contribution is 7.20. The normalized spacial score (nSPS) is 17.0. The van der Waals surface area contributed by atoms with E-state index in [0.717, 1.165) is 21.5 Å². The Morgan fingerprint density at radius 1 is 1.20 bits per heavy atom. The molecule has 0 spiro atoms. The van der Waals surface area contributed by atoms with Crippen LogP contribution in [0.2, 0.25) is 0 Å². The van der Waals surface area contributed by atoms with Crippen LogP contribution in [0, 0.1) is 0 Å². The molecule has 3 heterocycles. The van der Waals surface area contributed by atoms with Crippen LogP contribution in [-0.2, 0) is 0 Å². The van der Waals surface area contributed by atoms with E-state index in [2.05, 4.69) is 20.3 Å². The van der Waals surface area contributed by atoms with Gasteiger partial charge in [-0.2, -0.15) is 9.61 Å². The van der Waals surface area contributed by atoms with E-state index in [4.69, 9.17) is 5.73 Å². The van der Waals surface area contributed by atoms with Crippen LogP contribution in [0.15, 0.2) is 5.38 Å². The van der Waals surface area contributed by atoms with Crippen molar-refractivity contribution in [2.45, 2.75) is 38.0 Å². The van der Waals surface area contributed by atoms with Crippen LogP contribution in [0.25, 0.3) is 15.7 Å². The van der Waals surface area contributed by atoms with Crippen molar-refractivity contribution in [1.29, 1.82) is 0 Å². The third-order valence-corrected chi connectivity index (χ3v) is 5.32. The molecule has 2 N–H and O–H groups in total. The number of rotatable bonds is 2. The Bertz CT molecular complexity index is 736. The summed E-state index contributed by atoms with van der Waals surface area (Å²) in [6.45, 7) is 0. The van der Waals surface area contributed by atoms with Gasteiger partial charge in [-0.05, 0) is 12.8 Å². The van der Waals surface area contributed by atoms with Gasteiger partial charge in [-0.25, -0.2) is 4.98 Å². The molecule has 8 heteroatoms. The molecule has 0 radical (unpaired) electrons. The summed E-state index contributed by atoms with van der Waals surface area (Å²) in [6, 6.07) is 0. The maximum atomic E-state index is 5.68. The molecule has 0 aliphatic heterocycles. The number of hydrogen-bond acceptors (Lipinski definition) is 7. The largest absolute Gasteiger partial charge is 0.375 e. The van der Waals surface area contributed by atoms with E-state index in [1.165, 1.54) is 54.8 Å². The lowest BCUT2D eigenvalue weighted by Crippen LogP contribution is -2.09. The summed E-state index contributed by atoms with van der Waals surface area (Å²) in [5.41, 5.74) is 6.51. The Balaban J connectivity index is 1.74. The Morgan fingerprint density at radius 2 is 2.05 bits per heavy atom. The summed E-state index contributed by atoms with van der Waals surface area (Å²) < 4.78 is 1.89. The van der Waals surface area contributed by atoms with Crippen LogP contribution in [0.5, 0.6) is 0 Å². The van der Waals surface area contributed by atoms with Gasteiger partial charge < -0.3 is 5.73 Å². The second-order valence-electron chi connectivity index (χ2n) is 5.07. The van der Waals surface area contributed by atoms with Crippen LogP contribution in [-0.4, -0.2) is 24.8 Å². The quantitative estimate of drug-likeness (QED) is 0.787. The smallest absolute Gasteiger partial charge is 0.235 e. The average molecular weight is 306 g/mol. The zero-order valence-corrected chi connectivity index (χ0v) is 12.5. The second kappa shape index (κ2) is 4.78. The number of hydrogen-bond donors (Lipinski definition) is 1. The van der Waals surface area contributed by atoms with Crippen molar-refractivity contribution in [3.8, 4) is 10.7 Å². The van der Waals surface area contributed by atoms with Crippen molar-refractivity contribution in [3.05, 3.63) is 11.2 Å². The third-order valence-electron chi connectivity index (χ3n) is 3.73. The van der Waals surface area contributed by atoms with E-state index in [0.29, 0.717) is 11.0 Å². The number of nitrogen functional groups attached to an aromatic ring is 1. The lowest BCUT2D eigenvalue weighted by Gasteiger charge is -2.18. The minimum absolute atomic E-state index is 0.495. The van der Waals surface area contributed by atoms with Crippen LogP contribution in [0.4, 0.5) is 5.13 Å². The van der Waals surface area contributed by atoms with Gasteiger partial charge in [0.05, 0.1) is 0 Å². The fourth-order valence-electron chi connectivity index (χ4n) is 2.74. The molecule has 104 valence electrons. The number of fused-ring (bicyclic) bond motifs is 1. The third kappa shape index (κ3) is 1.99. The zero-order valence-electron chi connectivity index (χ0n) is 10.8. The minimum Gasteiger partial charge on any atom is -0.375 e. The molecule has 0 saturated heterocycles. The van der Waals surface area contributed by atoms with Crippen molar-refractivity contribution >= 4 is 32.8 Å². The Morgan fingerprint density at radius 3 is 2.80 bits per heavy atom. The van der Waals surface area contributed by atoms with E-state index in [-0.39, 0.29) is 0 Å². The summed E-state index contributed by atoms with van der Waals surface area (Å²) in [6.07, 6.45) is 6.27. The minimum atomic E-state index is 0.495. The SMILES string of the molecule is Nc1nc(-c2nn3c(C4CCCCC4)nnc3s2)cs1. The Labute approximate surface area is 123 Å². The molecule has 0 amide bonds. The lowest BCUT2D eigenvalue weighted by atomic mass is 9.89. The van der Waals surface area contributed by atoms with Gasteiger partial charge >= 0.3 is 0 Å². The van der Waals surface area contributed by atoms with Crippen LogP contribution in [0.3, 0.4) is 0 Å². The van der Waals surface area contributed by atoms with Crippen LogP contribution < -0.4 is 5.73 Å². The molecule has 3 aromatic heterocycles. The molecule has 0 aromatic carbocycles. The Kier molecular flexibility index (Phi) is 2.92. The van der Waals surface area contributed by atoms with Crippen molar-refractivity contribution in [2.24, 2.45) is 0 Å². The van der Waals surface area contributed by atoms with Crippen LogP contribution in [0.1, 0.15) is 43.8 Å². The number of thiazole rings is 1. The summed E-state index contributed by atoms with van der Waals surface area (Å²) in [7, 11) is 0. The molecule has 0 bridgehead atoms. The fourth-order valence-corrected chi connectivity index (χ4v) is 4.17. The molecular weight excluding hydrogens is 292 g/mol. The first-order chi connectivity index (χ1) is 9.81. The monoisotopic (exact) mass is 306 g/mol. The molecule has 0 atom stereocenters. The van der Waals surface area contributed by atoms with Gasteiger partial charge in [0.25, 0.3) is 0 Å². The first-order valence-corrected chi connectivity index (χ1v) is 8.44. The Hall–Kier alpha value is -1.54. The molecule has 6 nitrogen and oxygen atoms in total. The standard InChI is InChI=1S/C12H14N6S2/c13-11-14-8(6-19-11)10-17-18-9(15-16-12(18)20-10)7-4-2-1-3-5-7/h6-7H,1-5H2,(H2,13,14). The molecule has 4 rings (SSSR count). The van der Waals surface area contributed by atoms with E-state index >= 15 is 0 Å². The van der Waals surface area contributed by atoms with Crippen molar-refractivity contribution in [1.82, 2.24) is 24.8 Å². The maximum absolute atomic E-state index is 5.68. The van der Waals surface area contributed by atoms with Gasteiger partial charge in [-0.3, -0.25) is 0 Å². The second-order valence-corrected chi connectivity index (χ2v) is 6.91. The zero-order chi connectivity index (χ0) is 13.5. The highest BCUT2D eigenvalue weighted by Crippen LogP contribution is 2.34. The molecular formula is C12H14N6S2.